The molecule has 2 aliphatic heterocycles. The Bertz CT molecular complexity index is 1490. The fraction of sp³-hybridized carbons (Fsp3) is 0.333. The smallest absolute Gasteiger partial charge is 0.255 e. The minimum atomic E-state index is -0.476. The predicted molar refractivity (Wildman–Crippen MR) is 149 cm³/mol. The number of nitrogens with one attached hydrogen (secondary N) is 2. The van der Waals surface area contributed by atoms with Crippen LogP contribution in [0, 0.1) is 18.9 Å². The van der Waals surface area contributed by atoms with Gasteiger partial charge in [-0.2, -0.15) is 4.39 Å². The molecular formula is C30H31FN6O. The molecule has 3 heterocycles. The molecule has 1 fully saturated rings. The number of aryl methyl sites for hydroxylation is 2. The van der Waals surface area contributed by atoms with Gasteiger partial charge in [0.15, 0.2) is 5.82 Å². The minimum Gasteiger partial charge on any atom is -0.374 e. The Balaban J connectivity index is 1.17. The van der Waals surface area contributed by atoms with Crippen LogP contribution in [0.3, 0.4) is 0 Å². The van der Waals surface area contributed by atoms with E-state index in [1.807, 2.05) is 31.2 Å². The first-order valence-corrected chi connectivity index (χ1v) is 13.1. The summed E-state index contributed by atoms with van der Waals surface area (Å²) in [6.45, 7) is 6.47. The Morgan fingerprint density at radius 1 is 1.13 bits per heavy atom. The van der Waals surface area contributed by atoms with Crippen LogP contribution in [0.25, 0.3) is 0 Å². The summed E-state index contributed by atoms with van der Waals surface area (Å²) in [5.74, 6) is 2.91. The summed E-state index contributed by atoms with van der Waals surface area (Å²) < 4.78 is 15.2. The molecule has 8 heteroatoms. The molecule has 1 aromatic heterocycles. The summed E-state index contributed by atoms with van der Waals surface area (Å²) in [5.41, 5.74) is 6.50. The number of likely N-dealkylation sites (N-methyl/N-ethyl adjacent to an activating group) is 1. The lowest BCUT2D eigenvalue weighted by Crippen LogP contribution is -2.45. The molecule has 1 amide bonds. The van der Waals surface area contributed by atoms with Gasteiger partial charge in [0.05, 0.1) is 12.2 Å². The zero-order valence-electron chi connectivity index (χ0n) is 21.7. The van der Waals surface area contributed by atoms with Crippen LogP contribution in [0.2, 0.25) is 0 Å². The topological polar surface area (TPSA) is 64.9 Å². The lowest BCUT2D eigenvalue weighted by Gasteiger charge is -2.36. The molecule has 0 spiro atoms. The number of nitrogens with zero attached hydrogens (tertiary/aromatic N) is 4. The van der Waals surface area contributed by atoms with E-state index in [9.17, 15) is 9.18 Å². The van der Waals surface area contributed by atoms with Crippen molar-refractivity contribution in [3.63, 3.8) is 0 Å². The highest BCUT2D eigenvalue weighted by molar-refractivity contribution is 6.04. The van der Waals surface area contributed by atoms with E-state index in [1.54, 1.807) is 16.8 Å². The quantitative estimate of drug-likeness (QED) is 0.507. The highest BCUT2D eigenvalue weighted by Crippen LogP contribution is 2.37. The maximum Gasteiger partial charge on any atom is 0.255 e. The third-order valence-corrected chi connectivity index (χ3v) is 7.75. The van der Waals surface area contributed by atoms with Crippen LogP contribution < -0.4 is 10.6 Å². The maximum absolute atomic E-state index is 13.6. The summed E-state index contributed by atoms with van der Waals surface area (Å²) in [5, 5.41) is 6.04. The van der Waals surface area contributed by atoms with Gasteiger partial charge in [-0.25, -0.2) is 4.99 Å². The van der Waals surface area contributed by atoms with Gasteiger partial charge in [-0.15, -0.1) is 0 Å². The first kappa shape index (κ1) is 24.4. The van der Waals surface area contributed by atoms with E-state index in [2.05, 4.69) is 56.6 Å². The molecule has 194 valence electrons. The average Bonchev–Trinajstić information content (AvgIpc) is 3.52. The highest BCUT2D eigenvalue weighted by Gasteiger charge is 2.29. The molecule has 1 aliphatic carbocycles. The summed E-state index contributed by atoms with van der Waals surface area (Å²) in [4.78, 5) is 22.1. The third kappa shape index (κ3) is 4.83. The average molecular weight is 511 g/mol. The van der Waals surface area contributed by atoms with Crippen molar-refractivity contribution in [2.75, 3.05) is 50.4 Å². The molecule has 1 saturated heterocycles. The van der Waals surface area contributed by atoms with Crippen molar-refractivity contribution in [2.24, 2.45) is 4.99 Å². The largest absolute Gasteiger partial charge is 0.374 e. The number of halogens is 1. The van der Waals surface area contributed by atoms with Gasteiger partial charge in [-0.1, -0.05) is 12.1 Å². The molecule has 3 aliphatic rings. The number of aromatic nitrogens is 1. The van der Waals surface area contributed by atoms with Crippen molar-refractivity contribution in [1.82, 2.24) is 14.4 Å². The van der Waals surface area contributed by atoms with E-state index in [4.69, 9.17) is 0 Å². The molecule has 2 N–H and O–H groups in total. The second-order valence-electron chi connectivity index (χ2n) is 10.3. The molecule has 0 bridgehead atoms. The van der Waals surface area contributed by atoms with E-state index in [0.29, 0.717) is 17.4 Å². The molecule has 6 rings (SSSR count). The zero-order valence-corrected chi connectivity index (χ0v) is 21.7. The molecule has 1 atom stereocenters. The van der Waals surface area contributed by atoms with Gasteiger partial charge in [-0.3, -0.25) is 14.3 Å². The Kier molecular flexibility index (Phi) is 6.48. The van der Waals surface area contributed by atoms with Gasteiger partial charge in [0, 0.05) is 61.3 Å². The molecule has 7 nitrogen and oxygen atoms in total. The summed E-state index contributed by atoms with van der Waals surface area (Å²) in [6, 6.07) is 17.2. The SMILES string of the molecule is Cc1ccc(C(=O)Nc2ccc3c(c2)CCC3N2CCN(C)CC2)cc1C#Cn1ccc2c1N=C(F)CN2. The van der Waals surface area contributed by atoms with Crippen LogP contribution in [0.1, 0.15) is 45.1 Å². The molecule has 2 aromatic carbocycles. The number of hydrogen-bond acceptors (Lipinski definition) is 5. The van der Waals surface area contributed by atoms with Crippen LogP contribution in [0.4, 0.5) is 21.6 Å². The Morgan fingerprint density at radius 2 is 1.97 bits per heavy atom. The summed E-state index contributed by atoms with van der Waals surface area (Å²) in [7, 11) is 2.18. The lowest BCUT2D eigenvalue weighted by molar-refractivity contribution is 0.102. The number of anilines is 2. The number of hydrogen-bond donors (Lipinski definition) is 2. The van der Waals surface area contributed by atoms with Crippen molar-refractivity contribution in [1.29, 1.82) is 0 Å². The normalized spacial score (nSPS) is 19.0. The van der Waals surface area contributed by atoms with Gasteiger partial charge in [-0.05, 0) is 79.8 Å². The number of carbonyl (C=O) groups excluding carboxylic acids is 1. The summed E-state index contributed by atoms with van der Waals surface area (Å²) >= 11 is 0. The molecule has 1 unspecified atom stereocenters. The van der Waals surface area contributed by atoms with Crippen molar-refractivity contribution >= 4 is 29.1 Å². The van der Waals surface area contributed by atoms with E-state index in [0.717, 1.165) is 61.5 Å². The molecule has 0 saturated carbocycles. The number of amides is 1. The third-order valence-electron chi connectivity index (χ3n) is 7.75. The van der Waals surface area contributed by atoms with Crippen LogP contribution in [0.15, 0.2) is 53.7 Å². The second kappa shape index (κ2) is 10.1. The Labute approximate surface area is 222 Å². The standard InChI is InChI=1S/C30H31FN6O/c1-20-3-4-23(17-21(20)9-11-37-12-10-26-29(37)34-28(31)19-32-26)30(38)33-24-6-7-25-22(18-24)5-8-27(25)36-15-13-35(2)14-16-36/h3-4,6-7,10,12,17-18,27,32H,5,8,13-16,19H2,1-2H3,(H,33,38). The van der Waals surface area contributed by atoms with E-state index >= 15 is 0 Å². The number of carbonyl (C=O) groups is 1. The van der Waals surface area contributed by atoms with Gasteiger partial charge in [0.1, 0.15) is 0 Å². The van der Waals surface area contributed by atoms with Crippen molar-refractivity contribution < 1.29 is 9.18 Å². The fourth-order valence-corrected chi connectivity index (χ4v) is 5.50. The Morgan fingerprint density at radius 3 is 2.82 bits per heavy atom. The van der Waals surface area contributed by atoms with Gasteiger partial charge >= 0.3 is 0 Å². The number of rotatable bonds is 3. The minimum absolute atomic E-state index is 0.0851. The van der Waals surface area contributed by atoms with Crippen molar-refractivity contribution in [2.45, 2.75) is 25.8 Å². The Hall–Kier alpha value is -3.93. The molecular weight excluding hydrogens is 479 g/mol. The molecule has 0 radical (unpaired) electrons. The van der Waals surface area contributed by atoms with E-state index < -0.39 is 5.97 Å². The summed E-state index contributed by atoms with van der Waals surface area (Å²) in [6.07, 6.45) is 3.92. The lowest BCUT2D eigenvalue weighted by atomic mass is 10.0. The zero-order chi connectivity index (χ0) is 26.2. The number of fused-ring (bicyclic) bond motifs is 2. The van der Waals surface area contributed by atoms with Gasteiger partial charge in [0.25, 0.3) is 5.91 Å². The number of aliphatic imine (C=N–C) groups is 1. The van der Waals surface area contributed by atoms with Crippen molar-refractivity contribution in [3.8, 4) is 12.0 Å². The van der Waals surface area contributed by atoms with Crippen LogP contribution in [-0.4, -0.2) is 66.0 Å². The van der Waals surface area contributed by atoms with Crippen LogP contribution >= 0.6 is 0 Å². The number of benzene rings is 2. The van der Waals surface area contributed by atoms with Crippen LogP contribution in [-0.2, 0) is 6.42 Å². The van der Waals surface area contributed by atoms with Gasteiger partial charge < -0.3 is 15.5 Å². The maximum atomic E-state index is 13.6. The van der Waals surface area contributed by atoms with Gasteiger partial charge in [0.2, 0.25) is 5.97 Å². The van der Waals surface area contributed by atoms with Crippen molar-refractivity contribution in [3.05, 3.63) is 76.5 Å². The monoisotopic (exact) mass is 510 g/mol. The number of piperazine rings is 1. The van der Waals surface area contributed by atoms with E-state index in [-0.39, 0.29) is 12.5 Å². The second-order valence-corrected chi connectivity index (χ2v) is 10.3. The first-order valence-electron chi connectivity index (χ1n) is 13.1. The van der Waals surface area contributed by atoms with Crippen LogP contribution in [0.5, 0.6) is 0 Å². The van der Waals surface area contributed by atoms with E-state index in [1.165, 1.54) is 11.1 Å². The molecule has 38 heavy (non-hydrogen) atoms. The highest BCUT2D eigenvalue weighted by atomic mass is 19.1. The first-order chi connectivity index (χ1) is 18.4. The molecule has 3 aromatic rings. The predicted octanol–water partition coefficient (Wildman–Crippen LogP) is 4.57. The fourth-order valence-electron chi connectivity index (χ4n) is 5.50.